The number of nitrogens with zero attached hydrogens (tertiary/aromatic N) is 4. The number of oxime groups is 1. The second-order valence-corrected chi connectivity index (χ2v) is 20.7. The van der Waals surface area contributed by atoms with Crippen LogP contribution >= 0.6 is 34.7 Å². The van der Waals surface area contributed by atoms with Gasteiger partial charge in [-0.1, -0.05) is 222 Å². The highest BCUT2D eigenvalue weighted by molar-refractivity contribution is 8.00. The minimum atomic E-state index is -1.38. The van der Waals surface area contributed by atoms with Crippen LogP contribution in [0.25, 0.3) is 6.08 Å². The summed E-state index contributed by atoms with van der Waals surface area (Å²) in [6.07, 6.45) is 3.28. The van der Waals surface area contributed by atoms with Crippen LogP contribution < -0.4 is 15.4 Å². The van der Waals surface area contributed by atoms with Gasteiger partial charge in [0, 0.05) is 33.9 Å². The average Bonchev–Trinajstić information content (AvgIpc) is 4.18. The van der Waals surface area contributed by atoms with Crippen molar-refractivity contribution in [1.29, 1.82) is 0 Å². The van der Waals surface area contributed by atoms with Crippen LogP contribution in [-0.2, 0) is 41.7 Å². The molecule has 1 saturated heterocycles. The molecule has 0 aliphatic carbocycles. The van der Waals surface area contributed by atoms with E-state index in [2.05, 4.69) is 52.2 Å². The standard InChI is InChI=1S/C63H49ClN6O7S2/c1-74-50-35-32-42(33-36-50)39-75-60(73)56-43(34-37-51-38-53(64)68-76-51)40-78-59-55(58(72)70(56)59)66-57(71)54(69-77-63(47-26-14-5-15-27-47,48-28-16-6-17-29-48)49-30-18-7-19-31-49)52-41-79-61(65-52)67-62(44-20-8-2-9-21-44,45-22-10-3-11-23-45)46-24-12-4-13-25-46/h2-38,41,55,59H,39-40H2,1H3,(H,65,67)(H,66,71)/b37-34-,69-54-/t55-,59-/m1/s1. The van der Waals surface area contributed by atoms with Gasteiger partial charge in [-0.3, -0.25) is 14.5 Å². The van der Waals surface area contributed by atoms with E-state index in [0.29, 0.717) is 27.8 Å². The van der Waals surface area contributed by atoms with Crippen molar-refractivity contribution in [3.63, 3.8) is 0 Å². The molecule has 11 rings (SSSR count). The molecule has 2 aromatic heterocycles. The first-order valence-corrected chi connectivity index (χ1v) is 27.5. The quantitative estimate of drug-likeness (QED) is 0.0261. The predicted octanol–water partition coefficient (Wildman–Crippen LogP) is 12.0. The van der Waals surface area contributed by atoms with Gasteiger partial charge in [0.15, 0.2) is 21.8 Å². The van der Waals surface area contributed by atoms with Crippen LogP contribution in [0, 0.1) is 0 Å². The monoisotopic (exact) mass is 1100 g/mol. The molecule has 1 fully saturated rings. The number of amides is 2. The molecule has 4 heterocycles. The number of aromatic nitrogens is 2. The molecular formula is C63H49ClN6O7S2. The van der Waals surface area contributed by atoms with Crippen molar-refractivity contribution in [3.05, 3.63) is 291 Å². The van der Waals surface area contributed by atoms with Crippen LogP contribution in [0.3, 0.4) is 0 Å². The molecule has 16 heteroatoms. The van der Waals surface area contributed by atoms with E-state index in [4.69, 9.17) is 40.6 Å². The molecule has 2 atom stereocenters. The summed E-state index contributed by atoms with van der Waals surface area (Å²) in [6, 6.07) is 66.9. The van der Waals surface area contributed by atoms with Gasteiger partial charge in [-0.05, 0) is 46.0 Å². The Morgan fingerprint density at radius 2 is 1.25 bits per heavy atom. The number of methoxy groups -OCH3 is 1. The SMILES string of the molecule is COc1ccc(COC(=O)C2=C(/C=C\c3cc(Cl)no3)CS[C@@H]3[C@H](NC(=O)/C(=N\OC(c4ccccc4)(c4ccccc4)c4ccccc4)c4csc(NC(c5ccccc5)(c5ccccc5)c5ccccc5)n4)C(=O)N23)cc1. The zero-order chi connectivity index (χ0) is 54.2. The number of allylic oxidation sites excluding steroid dienone is 1. The van der Waals surface area contributed by atoms with E-state index >= 15 is 4.79 Å². The summed E-state index contributed by atoms with van der Waals surface area (Å²) in [6.45, 7) is -0.0784. The van der Waals surface area contributed by atoms with Crippen molar-refractivity contribution in [2.45, 2.75) is 29.2 Å². The summed E-state index contributed by atoms with van der Waals surface area (Å²) in [5.74, 6) is -0.760. The maximum absolute atomic E-state index is 15.4. The summed E-state index contributed by atoms with van der Waals surface area (Å²) >= 11 is 8.71. The lowest BCUT2D eigenvalue weighted by molar-refractivity contribution is -0.153. The normalized spacial score (nSPS) is 15.5. The highest BCUT2D eigenvalue weighted by Gasteiger charge is 2.55. The van der Waals surface area contributed by atoms with E-state index in [1.54, 1.807) is 48.9 Å². The van der Waals surface area contributed by atoms with Gasteiger partial charge in [-0.25, -0.2) is 9.78 Å². The van der Waals surface area contributed by atoms with E-state index in [-0.39, 0.29) is 34.6 Å². The molecule has 0 spiro atoms. The number of esters is 1. The van der Waals surface area contributed by atoms with Gasteiger partial charge in [0.2, 0.25) is 5.60 Å². The van der Waals surface area contributed by atoms with Crippen molar-refractivity contribution in [3.8, 4) is 5.75 Å². The number of carbonyl (C=O) groups is 3. The molecule has 13 nitrogen and oxygen atoms in total. The van der Waals surface area contributed by atoms with E-state index < -0.39 is 40.3 Å². The second-order valence-electron chi connectivity index (χ2n) is 18.4. The summed E-state index contributed by atoms with van der Waals surface area (Å²) < 4.78 is 16.5. The summed E-state index contributed by atoms with van der Waals surface area (Å²) in [7, 11) is 1.57. The van der Waals surface area contributed by atoms with Crippen molar-refractivity contribution >= 4 is 69.4 Å². The number of hydrogen-bond donors (Lipinski definition) is 2. The number of thiazole rings is 1. The minimum absolute atomic E-state index is 0.0270. The summed E-state index contributed by atoms with van der Waals surface area (Å²) in [5, 5.41) is 17.1. The minimum Gasteiger partial charge on any atom is -0.497 e. The van der Waals surface area contributed by atoms with Crippen molar-refractivity contribution in [2.24, 2.45) is 5.16 Å². The fourth-order valence-electron chi connectivity index (χ4n) is 9.81. The molecular weight excluding hydrogens is 1050 g/mol. The van der Waals surface area contributed by atoms with Gasteiger partial charge in [-0.15, -0.1) is 23.1 Å². The molecule has 2 aliphatic rings. The van der Waals surface area contributed by atoms with Gasteiger partial charge in [0.05, 0.1) is 7.11 Å². The number of β-lactam (4-membered cyclic amide) rings is 1. The Balaban J connectivity index is 0.980. The lowest BCUT2D eigenvalue weighted by atomic mass is 9.77. The molecule has 9 aromatic rings. The lowest BCUT2D eigenvalue weighted by Gasteiger charge is -2.49. The number of anilines is 1. The Morgan fingerprint density at radius 3 is 1.75 bits per heavy atom. The third kappa shape index (κ3) is 10.6. The molecule has 79 heavy (non-hydrogen) atoms. The predicted molar refractivity (Wildman–Crippen MR) is 307 cm³/mol. The largest absolute Gasteiger partial charge is 0.497 e. The molecule has 0 radical (unpaired) electrons. The van der Waals surface area contributed by atoms with Gasteiger partial charge >= 0.3 is 5.97 Å². The first kappa shape index (κ1) is 52.1. The van der Waals surface area contributed by atoms with Crippen LogP contribution in [0.15, 0.2) is 245 Å². The molecule has 7 aromatic carbocycles. The van der Waals surface area contributed by atoms with E-state index in [0.717, 1.165) is 33.4 Å². The number of ether oxygens (including phenoxy) is 2. The fourth-order valence-corrected chi connectivity index (χ4v) is 12.0. The number of nitrogens with one attached hydrogen (secondary N) is 2. The van der Waals surface area contributed by atoms with Gasteiger partial charge in [0.25, 0.3) is 11.8 Å². The average molecular weight is 1100 g/mol. The van der Waals surface area contributed by atoms with Gasteiger partial charge < -0.3 is 29.5 Å². The number of benzene rings is 7. The van der Waals surface area contributed by atoms with Crippen LogP contribution in [0.5, 0.6) is 5.75 Å². The summed E-state index contributed by atoms with van der Waals surface area (Å²) in [5.41, 5.74) is 3.96. The number of fused-ring (bicyclic) bond motifs is 1. The third-order valence-corrected chi connectivity index (χ3v) is 15.9. The van der Waals surface area contributed by atoms with Crippen molar-refractivity contribution < 1.29 is 33.2 Å². The fraction of sp³-hybridized carbons (Fsp3) is 0.111. The Bertz CT molecular complexity index is 3480. The molecule has 0 bridgehead atoms. The van der Waals surface area contributed by atoms with E-state index in [1.807, 2.05) is 146 Å². The number of rotatable bonds is 19. The van der Waals surface area contributed by atoms with Gasteiger partial charge in [0.1, 0.15) is 40.7 Å². The summed E-state index contributed by atoms with van der Waals surface area (Å²) in [4.78, 5) is 57.8. The molecule has 392 valence electrons. The van der Waals surface area contributed by atoms with Crippen LogP contribution in [0.1, 0.15) is 50.4 Å². The van der Waals surface area contributed by atoms with Crippen molar-refractivity contribution in [1.82, 2.24) is 20.4 Å². The first-order chi connectivity index (χ1) is 38.7. The van der Waals surface area contributed by atoms with Crippen LogP contribution in [0.2, 0.25) is 5.15 Å². The Kier molecular flexibility index (Phi) is 15.3. The molecule has 2 N–H and O–H groups in total. The van der Waals surface area contributed by atoms with E-state index in [9.17, 15) is 9.59 Å². The Morgan fingerprint density at radius 1 is 0.734 bits per heavy atom. The highest BCUT2D eigenvalue weighted by Crippen LogP contribution is 2.44. The number of carbonyl (C=O) groups excluding carboxylic acids is 3. The molecule has 2 aliphatic heterocycles. The second kappa shape index (κ2) is 23.3. The number of hydrogen-bond acceptors (Lipinski definition) is 13. The number of halogens is 1. The molecule has 2 amide bonds. The zero-order valence-corrected chi connectivity index (χ0v) is 44.7. The van der Waals surface area contributed by atoms with E-state index in [1.165, 1.54) is 34.1 Å². The van der Waals surface area contributed by atoms with Crippen LogP contribution in [0.4, 0.5) is 5.13 Å². The van der Waals surface area contributed by atoms with Gasteiger partial charge in [-0.2, -0.15) is 0 Å². The maximum Gasteiger partial charge on any atom is 0.355 e. The lowest BCUT2D eigenvalue weighted by Crippen LogP contribution is -2.71. The first-order valence-electron chi connectivity index (χ1n) is 25.2. The zero-order valence-electron chi connectivity index (χ0n) is 42.3. The Labute approximate surface area is 469 Å². The maximum atomic E-state index is 15.4. The smallest absolute Gasteiger partial charge is 0.355 e. The molecule has 0 saturated carbocycles. The highest BCUT2D eigenvalue weighted by atomic mass is 35.5. The number of thioether (sulfide) groups is 1. The van der Waals surface area contributed by atoms with Crippen LogP contribution in [-0.4, -0.2) is 62.8 Å². The van der Waals surface area contributed by atoms with Crippen molar-refractivity contribution in [2.75, 3.05) is 18.2 Å². The Hall–Kier alpha value is -9.02. The molecule has 0 unspecified atom stereocenters. The topological polar surface area (TPSA) is 157 Å². The third-order valence-electron chi connectivity index (χ3n) is 13.6.